The predicted octanol–water partition coefficient (Wildman–Crippen LogP) is 0.611. The number of aliphatic carboxylic acids is 1. The first-order valence-electron chi connectivity index (χ1n) is 9.27. The third-order valence-corrected chi connectivity index (χ3v) is 3.92. The fourth-order valence-corrected chi connectivity index (χ4v) is 2.79. The lowest BCUT2D eigenvalue weighted by atomic mass is 9.69. The van der Waals surface area contributed by atoms with Crippen LogP contribution in [0.15, 0.2) is 0 Å². The van der Waals surface area contributed by atoms with E-state index in [-0.39, 0.29) is 38.1 Å². The first-order valence-corrected chi connectivity index (χ1v) is 6.77. The number of carboxylic acids is 1. The van der Waals surface area contributed by atoms with Crippen molar-refractivity contribution >= 4 is 5.97 Å². The highest BCUT2D eigenvalue weighted by Crippen LogP contribution is 2.40. The molecule has 4 atom stereocenters. The topological polar surface area (TPSA) is 104 Å². The van der Waals surface area contributed by atoms with E-state index in [1.807, 2.05) is 0 Å². The number of rotatable bonds is 4. The molecule has 3 rings (SSSR count). The maximum absolute atomic E-state index is 11.4. The number of nitrogens with one attached hydrogen (secondary N) is 2. The van der Waals surface area contributed by atoms with Gasteiger partial charge in [0.05, 0.1) is 1.37 Å². The number of aromatic nitrogens is 4. The fourth-order valence-electron chi connectivity index (χ4n) is 2.79. The third-order valence-electron chi connectivity index (χ3n) is 3.92. The van der Waals surface area contributed by atoms with Crippen molar-refractivity contribution in [3.05, 3.63) is 5.82 Å². The summed E-state index contributed by atoms with van der Waals surface area (Å²) in [7, 11) is 0. The smallest absolute Gasteiger partial charge is 0.320 e. The second-order valence-electron chi connectivity index (χ2n) is 5.23. The number of carbonyl (C=O) groups is 1. The van der Waals surface area contributed by atoms with Crippen LogP contribution in [0.25, 0.3) is 0 Å². The van der Waals surface area contributed by atoms with Gasteiger partial charge in [-0.3, -0.25) is 4.79 Å². The summed E-state index contributed by atoms with van der Waals surface area (Å²) in [6.45, 7) is 0.122. The highest BCUT2D eigenvalue weighted by atomic mass is 16.4. The van der Waals surface area contributed by atoms with Gasteiger partial charge >= 0.3 is 5.97 Å². The second-order valence-corrected chi connectivity index (χ2v) is 5.23. The SMILES string of the molecule is [2H]C1([2H])C[C@H]2CN[C@]([2H])(C(=O)O)C[C@H]2C([2H])([2H])[C@H]1CCc1nn[nH]n1. The minimum absolute atomic E-state index is 0.122. The molecule has 1 saturated carbocycles. The highest BCUT2D eigenvalue weighted by Gasteiger charge is 2.37. The van der Waals surface area contributed by atoms with Crippen molar-refractivity contribution in [2.45, 2.75) is 44.4 Å². The van der Waals surface area contributed by atoms with Gasteiger partial charge in [-0.25, -0.2) is 0 Å². The van der Waals surface area contributed by atoms with Crippen LogP contribution in [0.1, 0.15) is 44.7 Å². The largest absolute Gasteiger partial charge is 0.480 e. The summed E-state index contributed by atoms with van der Waals surface area (Å²) < 4.78 is 41.9. The molecule has 1 aliphatic heterocycles. The molecular weight excluding hydrogens is 258 g/mol. The molecule has 7 nitrogen and oxygen atoms in total. The van der Waals surface area contributed by atoms with E-state index in [9.17, 15) is 9.90 Å². The van der Waals surface area contributed by atoms with E-state index in [0.717, 1.165) is 0 Å². The molecule has 3 N–H and O–H groups in total. The van der Waals surface area contributed by atoms with Gasteiger partial charge < -0.3 is 10.4 Å². The lowest BCUT2D eigenvalue weighted by Gasteiger charge is -2.41. The van der Waals surface area contributed by atoms with Crippen molar-refractivity contribution in [1.82, 2.24) is 25.9 Å². The van der Waals surface area contributed by atoms with Gasteiger partial charge in [-0.2, -0.15) is 5.21 Å². The van der Waals surface area contributed by atoms with E-state index in [0.29, 0.717) is 5.82 Å². The number of tetrazole rings is 1. The Morgan fingerprint density at radius 3 is 3.20 bits per heavy atom. The quantitative estimate of drug-likeness (QED) is 0.748. The number of nitrogens with zero attached hydrogens (tertiary/aromatic N) is 3. The van der Waals surface area contributed by atoms with Gasteiger partial charge in [0.25, 0.3) is 0 Å². The van der Waals surface area contributed by atoms with Crippen LogP contribution in [0.3, 0.4) is 0 Å². The van der Waals surface area contributed by atoms with Crippen LogP contribution in [0.5, 0.6) is 0 Å². The molecule has 0 aromatic carbocycles. The molecule has 0 unspecified atom stereocenters. The fraction of sp³-hybridized carbons (Fsp3) is 0.846. The number of H-pyrrole nitrogens is 1. The van der Waals surface area contributed by atoms with E-state index < -0.39 is 36.6 Å². The Labute approximate surface area is 124 Å². The summed E-state index contributed by atoms with van der Waals surface area (Å²) in [6.07, 6.45) is -3.25. The van der Waals surface area contributed by atoms with Crippen molar-refractivity contribution in [1.29, 1.82) is 0 Å². The van der Waals surface area contributed by atoms with Crippen LogP contribution >= 0.6 is 0 Å². The Balaban J connectivity index is 1.84. The van der Waals surface area contributed by atoms with Gasteiger partial charge in [0.2, 0.25) is 0 Å². The van der Waals surface area contributed by atoms with Crippen LogP contribution in [-0.4, -0.2) is 44.3 Å². The molecule has 2 fully saturated rings. The summed E-state index contributed by atoms with van der Waals surface area (Å²) in [5, 5.41) is 25.3. The zero-order chi connectivity index (χ0) is 18.5. The number of carboxylic acid groups (broad SMARTS) is 1. The normalized spacial score (nSPS) is 46.0. The molecule has 110 valence electrons. The Bertz CT molecular complexity index is 643. The first kappa shape index (κ1) is 8.71. The first-order chi connectivity index (χ1) is 11.6. The van der Waals surface area contributed by atoms with Gasteiger partial charge in [-0.15, -0.1) is 10.2 Å². The molecule has 1 aliphatic carbocycles. The van der Waals surface area contributed by atoms with Crippen molar-refractivity contribution in [2.75, 3.05) is 6.54 Å². The summed E-state index contributed by atoms with van der Waals surface area (Å²) in [5.74, 6) is -2.92. The molecular formula is C13H21N5O2. The predicted molar refractivity (Wildman–Crippen MR) is 70.9 cm³/mol. The Morgan fingerprint density at radius 1 is 1.55 bits per heavy atom. The van der Waals surface area contributed by atoms with Crippen molar-refractivity contribution < 1.29 is 16.8 Å². The number of aromatic amines is 1. The van der Waals surface area contributed by atoms with Gasteiger partial charge in [0.1, 0.15) is 6.02 Å². The maximum Gasteiger partial charge on any atom is 0.320 e. The zero-order valence-electron chi connectivity index (χ0n) is 16.0. The Morgan fingerprint density at radius 2 is 2.45 bits per heavy atom. The van der Waals surface area contributed by atoms with E-state index in [2.05, 4.69) is 25.9 Å². The molecule has 2 heterocycles. The monoisotopic (exact) mass is 284 g/mol. The van der Waals surface area contributed by atoms with Crippen LogP contribution in [-0.2, 0) is 11.2 Å². The third kappa shape index (κ3) is 2.98. The van der Waals surface area contributed by atoms with Crippen molar-refractivity contribution in [3.63, 3.8) is 0 Å². The van der Waals surface area contributed by atoms with Crippen molar-refractivity contribution in [3.8, 4) is 0 Å². The maximum atomic E-state index is 11.4. The molecule has 1 aromatic heterocycles. The lowest BCUT2D eigenvalue weighted by Crippen LogP contribution is -2.49. The summed E-state index contributed by atoms with van der Waals surface area (Å²) in [5.41, 5.74) is 0. The van der Waals surface area contributed by atoms with Crippen LogP contribution < -0.4 is 5.32 Å². The number of fused-ring (bicyclic) bond motifs is 1. The Kier molecular flexibility index (Phi) is 2.56. The van der Waals surface area contributed by atoms with Crippen molar-refractivity contribution in [2.24, 2.45) is 17.8 Å². The lowest BCUT2D eigenvalue weighted by molar-refractivity contribution is -0.141. The molecule has 0 radical (unpaired) electrons. The van der Waals surface area contributed by atoms with E-state index in [1.165, 1.54) is 0 Å². The van der Waals surface area contributed by atoms with E-state index in [4.69, 9.17) is 6.85 Å². The summed E-state index contributed by atoms with van der Waals surface area (Å²) in [6, 6.07) is -1.93. The van der Waals surface area contributed by atoms with E-state index in [1.54, 1.807) is 0 Å². The highest BCUT2D eigenvalue weighted by molar-refractivity contribution is 5.73. The molecule has 0 spiro atoms. The second kappa shape index (κ2) is 5.87. The van der Waals surface area contributed by atoms with Gasteiger partial charge in [0, 0.05) is 11.9 Å². The zero-order valence-corrected chi connectivity index (χ0v) is 11.0. The number of piperidine rings is 1. The Hall–Kier alpha value is -1.50. The molecule has 20 heavy (non-hydrogen) atoms. The van der Waals surface area contributed by atoms with Gasteiger partial charge in [-0.05, 0) is 49.9 Å². The molecule has 0 bridgehead atoms. The standard InChI is InChI=1S/C13H21N5O2/c19-13(20)11-6-10-5-8(1-3-9(10)7-14-11)2-4-12-15-17-18-16-12/h8-11,14H,1-7H2,(H,19,20)(H,15,16,17,18)/t8-,9+,10-,11+/m1/s1/i1D2,5D2,11D. The molecule has 1 saturated heterocycles. The average molecular weight is 284 g/mol. The molecule has 2 aliphatic rings. The average Bonchev–Trinajstić information content (AvgIpc) is 3.00. The minimum Gasteiger partial charge on any atom is -0.480 e. The molecule has 0 amide bonds. The number of hydrogen-bond donors (Lipinski definition) is 3. The van der Waals surface area contributed by atoms with Crippen LogP contribution in [0.2, 0.25) is 0 Å². The van der Waals surface area contributed by atoms with Crippen LogP contribution in [0, 0.1) is 17.8 Å². The van der Waals surface area contributed by atoms with Crippen LogP contribution in [0.4, 0.5) is 0 Å². The van der Waals surface area contributed by atoms with Gasteiger partial charge in [-0.1, -0.05) is 11.6 Å². The van der Waals surface area contributed by atoms with E-state index >= 15 is 0 Å². The number of aryl methyl sites for hydroxylation is 1. The molecule has 1 aromatic rings. The number of hydrogen-bond acceptors (Lipinski definition) is 5. The summed E-state index contributed by atoms with van der Waals surface area (Å²) >= 11 is 0. The summed E-state index contributed by atoms with van der Waals surface area (Å²) in [4.78, 5) is 11.4. The minimum atomic E-state index is -1.93. The molecule has 7 heteroatoms. The van der Waals surface area contributed by atoms with Gasteiger partial charge in [0.15, 0.2) is 5.82 Å².